The van der Waals surface area contributed by atoms with Crippen LogP contribution in [0.4, 0.5) is 4.70 Å². The molecule has 10 radical (unpaired) electrons. The molecule has 5 heterocycles. The van der Waals surface area contributed by atoms with E-state index in [4.69, 9.17) is 48.8 Å². The van der Waals surface area contributed by atoms with Crippen molar-refractivity contribution in [3.8, 4) is 0 Å². The summed E-state index contributed by atoms with van der Waals surface area (Å²) in [6, 6.07) is 0.614. The van der Waals surface area contributed by atoms with Gasteiger partial charge < -0.3 is 38.8 Å². The highest BCUT2D eigenvalue weighted by atomic mass is 32.1. The average Bonchev–Trinajstić information content (AvgIpc) is 3.94. The monoisotopic (exact) mass is 1000 g/mol. The van der Waals surface area contributed by atoms with Crippen molar-refractivity contribution in [2.24, 2.45) is 29.6 Å². The third-order valence-electron chi connectivity index (χ3n) is 14.3. The van der Waals surface area contributed by atoms with E-state index in [0.717, 1.165) is 12.0 Å². The van der Waals surface area contributed by atoms with E-state index >= 15 is 0 Å². The standard InChI is InChI=1S/C14H28BNO2Si.C8H14BNO2.C8H12BNO2.C8H14BNOS.C8H14BNO.2CH4.FH.2H2/c1-11-9-13(17)16(8-7-15)12(11)10-18-19(5,6)14(2,3)4;2*1-6-4-8(12)10(3-2-9)7(6)5-11;1-6-4-8(11)10(3-2-9)7(6)5-12;1-6-5-8(11)10(4-3-9)7(6)2;;;;;/h11-12H,7-10H2,1-6H3;6-7,11H,2-5H2,1H3;5-7H,2-4H2,1H3;6-7,12H,2-5H2,1H3;6-7H,3-5H2,1-2H3;2*1H4;3*1H/i;;;;;;;;1+1;. The molecular formula is C48H95B5FN5O8SSi. The van der Waals surface area contributed by atoms with E-state index in [1.807, 2.05) is 28.5 Å². The molecule has 5 aliphatic rings. The van der Waals surface area contributed by atoms with E-state index in [1.165, 1.54) is 0 Å². The average molecular weight is 1000 g/mol. The van der Waals surface area contributed by atoms with Crippen LogP contribution >= 0.6 is 12.6 Å². The van der Waals surface area contributed by atoms with Crippen molar-refractivity contribution in [1.82, 2.24) is 24.5 Å². The number of aliphatic hydroxyl groups excluding tert-OH is 1. The lowest BCUT2D eigenvalue weighted by Gasteiger charge is -2.38. The summed E-state index contributed by atoms with van der Waals surface area (Å²) in [6.45, 7) is 27.3. The van der Waals surface area contributed by atoms with E-state index < -0.39 is 8.32 Å². The largest absolute Gasteiger partial charge is 0.415 e. The van der Waals surface area contributed by atoms with E-state index in [-0.39, 0.29) is 93.6 Å². The van der Waals surface area contributed by atoms with Gasteiger partial charge in [-0.3, -0.25) is 28.7 Å². The van der Waals surface area contributed by atoms with Crippen LogP contribution in [0.25, 0.3) is 0 Å². The topological polar surface area (TPSA) is 148 Å². The Kier molecular flexibility index (Phi) is 35.2. The number of hydrogen-bond donors (Lipinski definition) is 2. The maximum absolute atomic E-state index is 11.9. The van der Waals surface area contributed by atoms with Crippen LogP contribution in [-0.4, -0.2) is 195 Å². The van der Waals surface area contributed by atoms with Gasteiger partial charge in [0.05, 0.1) is 70.6 Å². The number of carbonyl (C=O) groups is 6. The first kappa shape index (κ1) is 71.0. The first-order valence-electron chi connectivity index (χ1n) is 24.2. The second-order valence-electron chi connectivity index (χ2n) is 20.3. The maximum atomic E-state index is 11.9. The zero-order valence-electron chi connectivity index (χ0n) is 42.9. The third-order valence-corrected chi connectivity index (χ3v) is 19.2. The Morgan fingerprint density at radius 3 is 1.29 bits per heavy atom. The molecule has 5 rings (SSSR count). The molecule has 0 spiro atoms. The minimum Gasteiger partial charge on any atom is -0.415 e. The number of carbonyl (C=O) groups excluding carboxylic acids is 6. The Bertz CT molecular complexity index is 1520. The van der Waals surface area contributed by atoms with Crippen molar-refractivity contribution in [3.63, 3.8) is 0 Å². The molecule has 5 amide bonds. The van der Waals surface area contributed by atoms with Crippen LogP contribution in [0.3, 0.4) is 0 Å². The van der Waals surface area contributed by atoms with Gasteiger partial charge in [0, 0.05) is 85.5 Å². The molecular weight excluding hydrogens is 908 g/mol. The summed E-state index contributed by atoms with van der Waals surface area (Å²) in [5, 5.41) is 9.22. The van der Waals surface area contributed by atoms with Crippen LogP contribution in [0.15, 0.2) is 0 Å². The van der Waals surface area contributed by atoms with E-state index in [0.29, 0.717) is 133 Å². The van der Waals surface area contributed by atoms with E-state index in [9.17, 15) is 28.8 Å². The second-order valence-corrected chi connectivity index (χ2v) is 25.5. The molecule has 0 aliphatic carbocycles. The van der Waals surface area contributed by atoms with Gasteiger partial charge in [-0.1, -0.05) is 102 Å². The van der Waals surface area contributed by atoms with Gasteiger partial charge in [0.2, 0.25) is 29.5 Å². The Morgan fingerprint density at radius 1 is 0.609 bits per heavy atom. The molecule has 10 atom stereocenters. The Morgan fingerprint density at radius 2 is 0.928 bits per heavy atom. The molecule has 0 saturated carbocycles. The van der Waals surface area contributed by atoms with Crippen molar-refractivity contribution < 1.29 is 45.9 Å². The minimum atomic E-state index is -1.75. The van der Waals surface area contributed by atoms with Crippen LogP contribution in [0.1, 0.15) is 112 Å². The summed E-state index contributed by atoms with van der Waals surface area (Å²) >= 11 is 4.23. The Labute approximate surface area is 435 Å². The zero-order valence-corrected chi connectivity index (χ0v) is 44.8. The van der Waals surface area contributed by atoms with Gasteiger partial charge in [0.25, 0.3) is 0 Å². The van der Waals surface area contributed by atoms with Crippen LogP contribution in [0, 0.1) is 29.6 Å². The highest BCUT2D eigenvalue weighted by Crippen LogP contribution is 2.38. The fourth-order valence-corrected chi connectivity index (χ4v) is 10.4. The lowest BCUT2D eigenvalue weighted by Crippen LogP contribution is -2.46. The van der Waals surface area contributed by atoms with Gasteiger partial charge in [0.1, 0.15) is 6.29 Å². The van der Waals surface area contributed by atoms with Crippen LogP contribution in [-0.2, 0) is 33.2 Å². The third kappa shape index (κ3) is 20.7. The number of hydrogen-bond acceptors (Lipinski definition) is 9. The Hall–Kier alpha value is -2.24. The quantitative estimate of drug-likeness (QED) is 0.107. The van der Waals surface area contributed by atoms with Gasteiger partial charge in [-0.15, -0.1) is 0 Å². The fourth-order valence-electron chi connectivity index (χ4n) is 8.85. The van der Waals surface area contributed by atoms with Gasteiger partial charge >= 0.3 is 0 Å². The summed E-state index contributed by atoms with van der Waals surface area (Å²) in [6.07, 6.45) is 6.37. The first-order valence-corrected chi connectivity index (χ1v) is 27.7. The summed E-state index contributed by atoms with van der Waals surface area (Å²) in [5.41, 5.74) is 0. The van der Waals surface area contributed by atoms with Crippen LogP contribution < -0.4 is 0 Å². The summed E-state index contributed by atoms with van der Waals surface area (Å²) in [5.74, 6) is 3.31. The van der Waals surface area contributed by atoms with Crippen molar-refractivity contribution in [2.75, 3.05) is 51.7 Å². The number of nitrogens with zero attached hydrogens (tertiary/aromatic N) is 5. The molecule has 10 unspecified atom stereocenters. The molecule has 21 heteroatoms. The number of halogens is 1. The lowest BCUT2D eigenvalue weighted by atomic mass is 10.0. The molecule has 1 N–H and O–H groups in total. The molecule has 69 heavy (non-hydrogen) atoms. The van der Waals surface area contributed by atoms with Gasteiger partial charge in [0.15, 0.2) is 8.32 Å². The van der Waals surface area contributed by atoms with E-state index in [2.05, 4.69) is 74.2 Å². The van der Waals surface area contributed by atoms with Crippen LogP contribution in [0.5, 0.6) is 0 Å². The van der Waals surface area contributed by atoms with Gasteiger partial charge in [-0.2, -0.15) is 12.6 Å². The number of rotatable bonds is 16. The highest BCUT2D eigenvalue weighted by molar-refractivity contribution is 7.80. The minimum absolute atomic E-state index is 0. The normalized spacial score (nSPS) is 27.4. The molecule has 5 aliphatic heterocycles. The zero-order chi connectivity index (χ0) is 50.7. The van der Waals surface area contributed by atoms with Crippen molar-refractivity contribution in [2.45, 2.75) is 189 Å². The lowest BCUT2D eigenvalue weighted by molar-refractivity contribution is -0.131. The molecule has 5 fully saturated rings. The molecule has 0 aromatic carbocycles. The second kappa shape index (κ2) is 34.2. The molecule has 13 nitrogen and oxygen atoms in total. The van der Waals surface area contributed by atoms with Crippen LogP contribution in [0.2, 0.25) is 49.7 Å². The first-order chi connectivity index (χ1) is 30.9. The molecule has 0 aromatic heterocycles. The molecule has 5 saturated heterocycles. The Balaban J connectivity index is -0.000000255. The smallest absolute Gasteiger partial charge is 0.223 e. The number of aliphatic hydroxyl groups is 1. The van der Waals surface area contributed by atoms with Crippen molar-refractivity contribution in [3.05, 3.63) is 0 Å². The van der Waals surface area contributed by atoms with Crippen molar-refractivity contribution in [1.29, 1.82) is 0 Å². The number of aldehydes is 1. The molecule has 0 aromatic rings. The summed E-state index contributed by atoms with van der Waals surface area (Å²) in [7, 11) is 25.3. The predicted molar refractivity (Wildman–Crippen MR) is 295 cm³/mol. The fraction of sp³-hybridized carbons (Fsp3) is 0.875. The van der Waals surface area contributed by atoms with E-state index in [1.54, 1.807) is 9.80 Å². The van der Waals surface area contributed by atoms with Crippen molar-refractivity contribution >= 4 is 96.0 Å². The highest BCUT2D eigenvalue weighted by Gasteiger charge is 2.42. The van der Waals surface area contributed by atoms with Gasteiger partial charge in [-0.05, 0) is 54.6 Å². The number of amides is 5. The molecule has 0 bridgehead atoms. The summed E-state index contributed by atoms with van der Waals surface area (Å²) < 4.78 is 6.28. The SMILES string of the molecule is C.C.F.[2HH].[B]CCN1C(=O)CC(C)C1C.[B]CCN1C(=O)CC(C)C1C=O.[B]CCN1C(=O)CC(C)C1CO.[B]CCN1C(=O)CC(C)C1CO[Si](C)(C)C(C)(C)C.[B]CCN1C(=O)CC(C)C1CS.[HH]. The maximum Gasteiger partial charge on any atom is 0.223 e. The van der Waals surface area contributed by atoms with Gasteiger partial charge in [-0.25, -0.2) is 0 Å². The predicted octanol–water partition coefficient (Wildman–Crippen LogP) is 6.13. The molecule has 392 valence electrons. The number of thiol groups is 1. The number of likely N-dealkylation sites (tertiary alicyclic amines) is 5. The summed E-state index contributed by atoms with van der Waals surface area (Å²) in [4.78, 5) is 76.6.